The van der Waals surface area contributed by atoms with E-state index in [2.05, 4.69) is 9.47 Å². The molecule has 23 heavy (non-hydrogen) atoms. The highest BCUT2D eigenvalue weighted by atomic mass is 35.5. The highest BCUT2D eigenvalue weighted by molar-refractivity contribution is 6.33. The molecule has 0 saturated heterocycles. The Balaban J connectivity index is 2.48. The van der Waals surface area contributed by atoms with E-state index in [0.29, 0.717) is 5.56 Å². The fourth-order valence-electron chi connectivity index (χ4n) is 1.91. The van der Waals surface area contributed by atoms with E-state index >= 15 is 0 Å². The summed E-state index contributed by atoms with van der Waals surface area (Å²) in [5, 5.41) is 9.70. The van der Waals surface area contributed by atoms with Crippen molar-refractivity contribution in [2.75, 3.05) is 7.11 Å². The normalized spacial score (nSPS) is 11.2. The smallest absolute Gasteiger partial charge is 0.508 e. The third-order valence-corrected chi connectivity index (χ3v) is 3.16. The maximum atomic E-state index is 12.3. The molecule has 2 rings (SSSR count). The van der Waals surface area contributed by atoms with Gasteiger partial charge in [-0.2, -0.15) is 0 Å². The van der Waals surface area contributed by atoms with Gasteiger partial charge in [-0.1, -0.05) is 17.7 Å². The molecular weight excluding hydrogens is 337 g/mol. The Kier molecular flexibility index (Phi) is 4.70. The van der Waals surface area contributed by atoms with Gasteiger partial charge in [-0.15, -0.1) is 13.2 Å². The number of carbonyl (C=O) groups excluding carboxylic acids is 1. The van der Waals surface area contributed by atoms with Crippen molar-refractivity contribution < 1.29 is 32.5 Å². The summed E-state index contributed by atoms with van der Waals surface area (Å²) in [7, 11) is 1.18. The maximum Gasteiger partial charge on any atom is 0.573 e. The number of alkyl halides is 3. The minimum atomic E-state index is -4.89. The first-order chi connectivity index (χ1) is 10.7. The molecule has 0 aromatic heterocycles. The topological polar surface area (TPSA) is 55.8 Å². The fraction of sp³-hybridized carbons (Fsp3) is 0.133. The zero-order valence-electron chi connectivity index (χ0n) is 11.6. The Hall–Kier alpha value is -2.41. The number of hydrogen-bond acceptors (Lipinski definition) is 4. The molecule has 0 amide bonds. The average molecular weight is 347 g/mol. The van der Waals surface area contributed by atoms with Gasteiger partial charge in [-0.05, 0) is 35.4 Å². The first kappa shape index (κ1) is 17.0. The van der Waals surface area contributed by atoms with Crippen LogP contribution < -0.4 is 4.74 Å². The van der Waals surface area contributed by atoms with E-state index in [0.717, 1.165) is 12.1 Å². The van der Waals surface area contributed by atoms with Gasteiger partial charge in [0.15, 0.2) is 0 Å². The van der Waals surface area contributed by atoms with Gasteiger partial charge in [0.05, 0.1) is 17.7 Å². The van der Waals surface area contributed by atoms with Crippen molar-refractivity contribution in [1.29, 1.82) is 0 Å². The number of aromatic hydroxyl groups is 1. The van der Waals surface area contributed by atoms with Crippen LogP contribution in [0.1, 0.15) is 10.4 Å². The van der Waals surface area contributed by atoms with E-state index in [1.165, 1.54) is 31.4 Å². The van der Waals surface area contributed by atoms with Crippen molar-refractivity contribution in [3.63, 3.8) is 0 Å². The van der Waals surface area contributed by atoms with Crippen LogP contribution >= 0.6 is 11.6 Å². The Morgan fingerprint density at radius 3 is 2.43 bits per heavy atom. The van der Waals surface area contributed by atoms with Gasteiger partial charge in [0.1, 0.15) is 11.5 Å². The first-order valence-corrected chi connectivity index (χ1v) is 6.55. The number of methoxy groups -OCH3 is 1. The van der Waals surface area contributed by atoms with Crippen molar-refractivity contribution in [3.05, 3.63) is 47.0 Å². The predicted molar refractivity (Wildman–Crippen MR) is 76.6 cm³/mol. The lowest BCUT2D eigenvalue weighted by Gasteiger charge is -2.12. The third-order valence-electron chi connectivity index (χ3n) is 2.83. The van der Waals surface area contributed by atoms with Crippen molar-refractivity contribution >= 4 is 17.6 Å². The van der Waals surface area contributed by atoms with Gasteiger partial charge < -0.3 is 14.6 Å². The van der Waals surface area contributed by atoms with E-state index in [1.807, 2.05) is 0 Å². The van der Waals surface area contributed by atoms with Crippen LogP contribution in [0.15, 0.2) is 36.4 Å². The number of hydrogen-bond donors (Lipinski definition) is 1. The summed E-state index contributed by atoms with van der Waals surface area (Å²) in [5.41, 5.74) is 0.622. The SMILES string of the molecule is COC(=O)c1cc(-c2cc(O)cc(OC(F)(F)F)c2)ccc1Cl. The van der Waals surface area contributed by atoms with Gasteiger partial charge >= 0.3 is 12.3 Å². The highest BCUT2D eigenvalue weighted by Crippen LogP contribution is 2.33. The number of halogens is 4. The molecule has 0 aliphatic heterocycles. The standard InChI is InChI=1S/C15H10ClF3O4/c1-22-14(21)12-6-8(2-3-13(12)16)9-4-10(20)7-11(5-9)23-15(17,18)19/h2-7,20H,1H3. The van der Waals surface area contributed by atoms with E-state index in [1.54, 1.807) is 0 Å². The molecule has 8 heteroatoms. The van der Waals surface area contributed by atoms with Crippen LogP contribution in [0.2, 0.25) is 5.02 Å². The molecule has 2 aromatic rings. The van der Waals surface area contributed by atoms with Crippen molar-refractivity contribution in [1.82, 2.24) is 0 Å². The van der Waals surface area contributed by atoms with Crippen LogP contribution in [0.4, 0.5) is 13.2 Å². The van der Waals surface area contributed by atoms with Crippen LogP contribution in [-0.4, -0.2) is 24.5 Å². The lowest BCUT2D eigenvalue weighted by Crippen LogP contribution is -2.17. The van der Waals surface area contributed by atoms with Gasteiger partial charge in [0.25, 0.3) is 0 Å². The van der Waals surface area contributed by atoms with Crippen molar-refractivity contribution in [2.45, 2.75) is 6.36 Å². The monoisotopic (exact) mass is 346 g/mol. The predicted octanol–water partition coefficient (Wildman–Crippen LogP) is 4.40. The molecule has 0 heterocycles. The van der Waals surface area contributed by atoms with Crippen LogP contribution in [0.25, 0.3) is 11.1 Å². The lowest BCUT2D eigenvalue weighted by molar-refractivity contribution is -0.274. The summed E-state index contributed by atoms with van der Waals surface area (Å²) in [4.78, 5) is 11.6. The Bertz CT molecular complexity index is 744. The van der Waals surface area contributed by atoms with Crippen LogP contribution in [0.3, 0.4) is 0 Å². The average Bonchev–Trinajstić information content (AvgIpc) is 2.44. The number of rotatable bonds is 3. The molecule has 0 unspecified atom stereocenters. The maximum absolute atomic E-state index is 12.3. The summed E-state index contributed by atoms with van der Waals surface area (Å²) >= 11 is 5.88. The zero-order chi connectivity index (χ0) is 17.2. The highest BCUT2D eigenvalue weighted by Gasteiger charge is 2.31. The summed E-state index contributed by atoms with van der Waals surface area (Å²) in [5.74, 6) is -1.69. The molecule has 122 valence electrons. The van der Waals surface area contributed by atoms with Crippen LogP contribution in [0.5, 0.6) is 11.5 Å². The first-order valence-electron chi connectivity index (χ1n) is 6.17. The van der Waals surface area contributed by atoms with Crippen molar-refractivity contribution in [3.8, 4) is 22.6 Å². The second-order valence-electron chi connectivity index (χ2n) is 4.45. The number of phenolic OH excluding ortho intramolecular Hbond substituents is 1. The molecule has 0 aliphatic rings. The number of ether oxygens (including phenoxy) is 2. The van der Waals surface area contributed by atoms with Gasteiger partial charge in [0.2, 0.25) is 0 Å². The molecule has 0 aliphatic carbocycles. The van der Waals surface area contributed by atoms with E-state index < -0.39 is 23.8 Å². The summed E-state index contributed by atoms with van der Waals surface area (Å²) < 4.78 is 45.2. The molecule has 1 N–H and O–H groups in total. The summed E-state index contributed by atoms with van der Waals surface area (Å²) in [6.07, 6.45) is -4.89. The fourth-order valence-corrected chi connectivity index (χ4v) is 2.11. The molecule has 0 radical (unpaired) electrons. The number of esters is 1. The Labute approximate surface area is 134 Å². The van der Waals surface area contributed by atoms with Gasteiger partial charge in [0, 0.05) is 6.07 Å². The second-order valence-corrected chi connectivity index (χ2v) is 4.86. The molecular formula is C15H10ClF3O4. The van der Waals surface area contributed by atoms with Crippen molar-refractivity contribution in [2.24, 2.45) is 0 Å². The largest absolute Gasteiger partial charge is 0.573 e. The second kappa shape index (κ2) is 6.37. The summed E-state index contributed by atoms with van der Waals surface area (Å²) in [6, 6.07) is 7.37. The van der Waals surface area contributed by atoms with E-state index in [4.69, 9.17) is 11.6 Å². The minimum absolute atomic E-state index is 0.0494. The zero-order valence-corrected chi connectivity index (χ0v) is 12.4. The Morgan fingerprint density at radius 2 is 1.83 bits per heavy atom. The third kappa shape index (κ3) is 4.29. The van der Waals surface area contributed by atoms with Crippen LogP contribution in [0, 0.1) is 0 Å². The number of carbonyl (C=O) groups is 1. The van der Waals surface area contributed by atoms with Crippen LogP contribution in [-0.2, 0) is 4.74 Å². The minimum Gasteiger partial charge on any atom is -0.508 e. The molecule has 0 fully saturated rings. The molecule has 2 aromatic carbocycles. The number of phenols is 1. The number of benzene rings is 2. The quantitative estimate of drug-likeness (QED) is 0.837. The van der Waals surface area contributed by atoms with Gasteiger partial charge in [-0.25, -0.2) is 4.79 Å². The molecule has 0 atom stereocenters. The molecule has 0 spiro atoms. The molecule has 4 nitrogen and oxygen atoms in total. The van der Waals surface area contributed by atoms with E-state index in [9.17, 15) is 23.1 Å². The summed E-state index contributed by atoms with van der Waals surface area (Å²) in [6.45, 7) is 0. The van der Waals surface area contributed by atoms with Gasteiger partial charge in [-0.3, -0.25) is 0 Å². The van der Waals surface area contributed by atoms with E-state index in [-0.39, 0.29) is 16.1 Å². The lowest BCUT2D eigenvalue weighted by atomic mass is 10.0. The molecule has 0 saturated carbocycles. The Morgan fingerprint density at radius 1 is 1.13 bits per heavy atom. The molecule has 0 bridgehead atoms.